The van der Waals surface area contributed by atoms with Crippen LogP contribution >= 0.6 is 0 Å². The Kier molecular flexibility index (Phi) is 3.76. The summed E-state index contributed by atoms with van der Waals surface area (Å²) in [6.07, 6.45) is 0.554. The van der Waals surface area contributed by atoms with E-state index in [0.29, 0.717) is 29.3 Å². The molecule has 0 saturated carbocycles. The van der Waals surface area contributed by atoms with Crippen LogP contribution in [0, 0.1) is 11.3 Å². The molecule has 0 saturated heterocycles. The molecule has 0 radical (unpaired) electrons. The molecule has 1 N–H and O–H groups in total. The van der Waals surface area contributed by atoms with Crippen molar-refractivity contribution in [3.05, 3.63) is 71.5 Å². The minimum Gasteiger partial charge on any atom is -0.454 e. The lowest BCUT2D eigenvalue weighted by molar-refractivity contribution is 0.174. The van der Waals surface area contributed by atoms with Crippen LogP contribution in [0.4, 0.5) is 11.5 Å². The molecule has 1 aliphatic rings. The van der Waals surface area contributed by atoms with Gasteiger partial charge in [-0.15, -0.1) is 15.3 Å². The van der Waals surface area contributed by atoms with Crippen molar-refractivity contribution in [2.24, 2.45) is 0 Å². The number of hydrogen-bond donors (Lipinski definition) is 1. The van der Waals surface area contributed by atoms with Crippen molar-refractivity contribution in [3.8, 4) is 17.6 Å². The average molecular weight is 370 g/mol. The van der Waals surface area contributed by atoms with E-state index < -0.39 is 0 Å². The number of hydrogen-bond acceptors (Lipinski definition) is 7. The lowest BCUT2D eigenvalue weighted by Gasteiger charge is -2.07. The fraction of sp³-hybridized carbons (Fsp3) is 0.100. The highest BCUT2D eigenvalue weighted by molar-refractivity contribution is 5.59. The molecule has 8 heteroatoms. The van der Waals surface area contributed by atoms with E-state index in [1.165, 1.54) is 0 Å². The van der Waals surface area contributed by atoms with E-state index in [2.05, 4.69) is 26.7 Å². The summed E-state index contributed by atoms with van der Waals surface area (Å²) >= 11 is 0. The molecule has 0 aliphatic carbocycles. The summed E-state index contributed by atoms with van der Waals surface area (Å²) in [6.45, 7) is 0.246. The molecule has 4 aromatic rings. The van der Waals surface area contributed by atoms with Crippen LogP contribution < -0.4 is 14.8 Å². The summed E-state index contributed by atoms with van der Waals surface area (Å²) in [4.78, 5) is 0. The molecule has 8 nitrogen and oxygen atoms in total. The molecule has 0 unspecified atom stereocenters. The Bertz CT molecular complexity index is 1230. The second-order valence-electron chi connectivity index (χ2n) is 6.29. The van der Waals surface area contributed by atoms with Crippen LogP contribution in [0.3, 0.4) is 0 Å². The molecule has 0 bridgehead atoms. The fourth-order valence-corrected chi connectivity index (χ4v) is 3.06. The fourth-order valence-electron chi connectivity index (χ4n) is 3.06. The number of anilines is 2. The maximum absolute atomic E-state index is 9.05. The van der Waals surface area contributed by atoms with E-state index in [4.69, 9.17) is 14.7 Å². The van der Waals surface area contributed by atoms with Crippen molar-refractivity contribution < 1.29 is 9.47 Å². The van der Waals surface area contributed by atoms with Crippen LogP contribution in [0.25, 0.3) is 5.65 Å². The minimum atomic E-state index is 0.246. The molecule has 3 heterocycles. The van der Waals surface area contributed by atoms with Crippen LogP contribution in [0.1, 0.15) is 17.0 Å². The van der Waals surface area contributed by atoms with Crippen LogP contribution in [0.5, 0.6) is 11.5 Å². The van der Waals surface area contributed by atoms with E-state index in [1.54, 1.807) is 16.6 Å². The Labute approximate surface area is 160 Å². The monoisotopic (exact) mass is 370 g/mol. The molecular formula is C20H14N6O2. The zero-order valence-electron chi connectivity index (χ0n) is 14.7. The first-order chi connectivity index (χ1) is 13.8. The molecule has 2 aromatic heterocycles. The van der Waals surface area contributed by atoms with E-state index in [0.717, 1.165) is 22.7 Å². The average Bonchev–Trinajstić information content (AvgIpc) is 3.35. The van der Waals surface area contributed by atoms with Gasteiger partial charge < -0.3 is 14.8 Å². The van der Waals surface area contributed by atoms with Crippen molar-refractivity contribution in [2.45, 2.75) is 6.42 Å². The Morgan fingerprint density at radius 2 is 1.96 bits per heavy atom. The van der Waals surface area contributed by atoms with Gasteiger partial charge in [-0.25, -0.2) is 0 Å². The van der Waals surface area contributed by atoms with Gasteiger partial charge in [0.25, 0.3) is 0 Å². The van der Waals surface area contributed by atoms with Gasteiger partial charge in [-0.05, 0) is 48.0 Å². The van der Waals surface area contributed by atoms with Crippen molar-refractivity contribution >= 4 is 17.2 Å². The lowest BCUT2D eigenvalue weighted by atomic mass is 10.1. The van der Waals surface area contributed by atoms with Crippen LogP contribution in [0.15, 0.2) is 54.6 Å². The number of nitrogens with one attached hydrogen (secondary N) is 1. The predicted octanol–water partition coefficient (Wildman–Crippen LogP) is 3.06. The van der Waals surface area contributed by atoms with E-state index in [9.17, 15) is 0 Å². The van der Waals surface area contributed by atoms with Crippen molar-refractivity contribution in [1.82, 2.24) is 19.8 Å². The standard InChI is InChI=1S/C20H14N6O2/c21-11-14-2-1-3-15(8-14)22-18-6-7-19-23-24-20(26(19)25-18)10-13-4-5-16-17(9-13)28-12-27-16/h1-9H,10,12H2,(H,22,25). The Hall–Kier alpha value is -4.12. The van der Waals surface area contributed by atoms with Crippen LogP contribution in [-0.4, -0.2) is 26.6 Å². The summed E-state index contributed by atoms with van der Waals surface area (Å²) in [6, 6.07) is 18.8. The summed E-state index contributed by atoms with van der Waals surface area (Å²) in [5, 5.41) is 25.3. The molecule has 0 amide bonds. The van der Waals surface area contributed by atoms with Gasteiger partial charge in [-0.2, -0.15) is 9.78 Å². The lowest BCUT2D eigenvalue weighted by Crippen LogP contribution is -2.03. The maximum Gasteiger partial charge on any atom is 0.231 e. The van der Waals surface area contributed by atoms with E-state index in [-0.39, 0.29) is 6.79 Å². The molecule has 28 heavy (non-hydrogen) atoms. The van der Waals surface area contributed by atoms with Gasteiger partial charge in [-0.3, -0.25) is 0 Å². The summed E-state index contributed by atoms with van der Waals surface area (Å²) in [5.74, 6) is 2.83. The SMILES string of the molecule is N#Cc1cccc(Nc2ccc3nnc(Cc4ccc5c(c4)OCO5)n3n2)c1. The molecule has 0 fully saturated rings. The number of aromatic nitrogens is 4. The summed E-state index contributed by atoms with van der Waals surface area (Å²) < 4.78 is 12.5. The Balaban J connectivity index is 1.44. The van der Waals surface area contributed by atoms with Gasteiger partial charge in [0.2, 0.25) is 6.79 Å². The normalized spacial score (nSPS) is 12.1. The van der Waals surface area contributed by atoms with Gasteiger partial charge in [0.15, 0.2) is 28.8 Å². The van der Waals surface area contributed by atoms with Gasteiger partial charge in [0.05, 0.1) is 11.6 Å². The van der Waals surface area contributed by atoms with Crippen molar-refractivity contribution in [3.63, 3.8) is 0 Å². The smallest absolute Gasteiger partial charge is 0.231 e. The molecular weight excluding hydrogens is 356 g/mol. The highest BCUT2D eigenvalue weighted by Gasteiger charge is 2.15. The first-order valence-electron chi connectivity index (χ1n) is 8.65. The highest BCUT2D eigenvalue weighted by Crippen LogP contribution is 2.33. The minimum absolute atomic E-state index is 0.246. The third-order valence-electron chi connectivity index (χ3n) is 4.39. The number of rotatable bonds is 4. The van der Waals surface area contributed by atoms with Gasteiger partial charge >= 0.3 is 0 Å². The van der Waals surface area contributed by atoms with E-state index in [1.807, 2.05) is 42.5 Å². The molecule has 0 atom stereocenters. The molecule has 0 spiro atoms. The zero-order valence-corrected chi connectivity index (χ0v) is 14.7. The molecule has 1 aliphatic heterocycles. The number of nitrogens with zero attached hydrogens (tertiary/aromatic N) is 5. The zero-order chi connectivity index (χ0) is 18.9. The van der Waals surface area contributed by atoms with Gasteiger partial charge in [0.1, 0.15) is 0 Å². The summed E-state index contributed by atoms with van der Waals surface area (Å²) in [5.41, 5.74) is 3.06. The molecule has 2 aromatic carbocycles. The van der Waals surface area contributed by atoms with Gasteiger partial charge in [0, 0.05) is 12.1 Å². The number of nitriles is 1. The molecule has 136 valence electrons. The third kappa shape index (κ3) is 2.95. The second-order valence-corrected chi connectivity index (χ2v) is 6.29. The first-order valence-corrected chi connectivity index (χ1v) is 8.65. The Morgan fingerprint density at radius 3 is 2.89 bits per heavy atom. The quantitative estimate of drug-likeness (QED) is 0.589. The Morgan fingerprint density at radius 1 is 1.04 bits per heavy atom. The summed E-state index contributed by atoms with van der Waals surface area (Å²) in [7, 11) is 0. The maximum atomic E-state index is 9.05. The molecule has 5 rings (SSSR count). The van der Waals surface area contributed by atoms with Crippen molar-refractivity contribution in [2.75, 3.05) is 12.1 Å². The van der Waals surface area contributed by atoms with Crippen LogP contribution in [0.2, 0.25) is 0 Å². The highest BCUT2D eigenvalue weighted by atomic mass is 16.7. The second kappa shape index (κ2) is 6.55. The predicted molar refractivity (Wildman–Crippen MR) is 101 cm³/mol. The van der Waals surface area contributed by atoms with Crippen LogP contribution in [-0.2, 0) is 6.42 Å². The van der Waals surface area contributed by atoms with Gasteiger partial charge in [-0.1, -0.05) is 12.1 Å². The first kappa shape index (κ1) is 16.1. The number of benzene rings is 2. The third-order valence-corrected chi connectivity index (χ3v) is 4.39. The number of fused-ring (bicyclic) bond motifs is 2. The largest absolute Gasteiger partial charge is 0.454 e. The van der Waals surface area contributed by atoms with E-state index >= 15 is 0 Å². The number of ether oxygens (including phenoxy) is 2. The topological polar surface area (TPSA) is 97.4 Å². The van der Waals surface area contributed by atoms with Crippen molar-refractivity contribution in [1.29, 1.82) is 5.26 Å².